The number of carbonyl (C=O) groups excluding carboxylic acids is 1. The van der Waals surface area contributed by atoms with E-state index in [0.717, 1.165) is 26.2 Å². The van der Waals surface area contributed by atoms with Crippen molar-refractivity contribution in [2.75, 3.05) is 60.4 Å². The van der Waals surface area contributed by atoms with Crippen LogP contribution in [0.25, 0.3) is 0 Å². The van der Waals surface area contributed by atoms with Crippen LogP contribution in [0.15, 0.2) is 0 Å². The Hall–Kier alpha value is -1.34. The van der Waals surface area contributed by atoms with Gasteiger partial charge in [0.05, 0.1) is 0 Å². The smallest absolute Gasteiger partial charge is 0.326 e. The molecule has 1 fully saturated rings. The number of amides is 2. The summed E-state index contributed by atoms with van der Waals surface area (Å²) < 4.78 is 0. The van der Waals surface area contributed by atoms with E-state index in [2.05, 4.69) is 9.80 Å². The molecular formula is C13H26N4O3. The van der Waals surface area contributed by atoms with Gasteiger partial charge in [0, 0.05) is 46.3 Å². The molecule has 0 aromatic heterocycles. The highest BCUT2D eigenvalue weighted by molar-refractivity contribution is 5.82. The first kappa shape index (κ1) is 16.7. The molecule has 1 unspecified atom stereocenters. The number of urea groups is 1. The Kier molecular flexibility index (Phi) is 6.22. The summed E-state index contributed by atoms with van der Waals surface area (Å²) in [6.45, 7) is 6.52. The SMILES string of the molecule is CC(C(=O)O)N(C)C(=O)N1CCN(CCN(C)C)CC1. The van der Waals surface area contributed by atoms with Crippen LogP contribution in [0.2, 0.25) is 0 Å². The summed E-state index contributed by atoms with van der Waals surface area (Å²) in [6.07, 6.45) is 0. The Morgan fingerprint density at radius 3 is 2.15 bits per heavy atom. The first-order valence-corrected chi connectivity index (χ1v) is 6.94. The number of likely N-dealkylation sites (N-methyl/N-ethyl adjacent to an activating group) is 2. The Balaban J connectivity index is 2.41. The van der Waals surface area contributed by atoms with E-state index in [4.69, 9.17) is 5.11 Å². The molecule has 0 aliphatic carbocycles. The number of piperazine rings is 1. The molecule has 20 heavy (non-hydrogen) atoms. The van der Waals surface area contributed by atoms with Crippen molar-refractivity contribution in [1.29, 1.82) is 0 Å². The molecule has 1 heterocycles. The zero-order valence-corrected chi connectivity index (χ0v) is 12.9. The molecule has 1 rings (SSSR count). The van der Waals surface area contributed by atoms with Gasteiger partial charge >= 0.3 is 12.0 Å². The van der Waals surface area contributed by atoms with Crippen molar-refractivity contribution >= 4 is 12.0 Å². The molecule has 1 aliphatic heterocycles. The van der Waals surface area contributed by atoms with Gasteiger partial charge in [-0.3, -0.25) is 4.90 Å². The molecule has 0 radical (unpaired) electrons. The molecule has 7 heteroatoms. The Morgan fingerprint density at radius 2 is 1.70 bits per heavy atom. The summed E-state index contributed by atoms with van der Waals surface area (Å²) in [4.78, 5) is 30.6. The minimum atomic E-state index is -0.981. The second kappa shape index (κ2) is 7.44. The van der Waals surface area contributed by atoms with Crippen LogP contribution in [0.1, 0.15) is 6.92 Å². The van der Waals surface area contributed by atoms with E-state index in [1.165, 1.54) is 11.8 Å². The molecule has 0 saturated carbocycles. The average molecular weight is 286 g/mol. The number of rotatable bonds is 5. The molecule has 0 aromatic carbocycles. The van der Waals surface area contributed by atoms with Crippen LogP contribution in [0, 0.1) is 0 Å². The first-order valence-electron chi connectivity index (χ1n) is 6.94. The molecule has 1 N–H and O–H groups in total. The third-order valence-electron chi connectivity index (χ3n) is 3.75. The van der Waals surface area contributed by atoms with Gasteiger partial charge in [0.2, 0.25) is 0 Å². The summed E-state index contributed by atoms with van der Waals surface area (Å²) in [5.41, 5.74) is 0. The van der Waals surface area contributed by atoms with Gasteiger partial charge in [-0.15, -0.1) is 0 Å². The molecule has 7 nitrogen and oxygen atoms in total. The second-order valence-electron chi connectivity index (χ2n) is 5.54. The van der Waals surface area contributed by atoms with E-state index in [9.17, 15) is 9.59 Å². The van der Waals surface area contributed by atoms with Crippen LogP contribution in [0.3, 0.4) is 0 Å². The highest BCUT2D eigenvalue weighted by atomic mass is 16.4. The quantitative estimate of drug-likeness (QED) is 0.751. The number of nitrogens with zero attached hydrogens (tertiary/aromatic N) is 4. The maximum atomic E-state index is 12.2. The van der Waals surface area contributed by atoms with Crippen molar-refractivity contribution in [2.24, 2.45) is 0 Å². The number of carboxylic acids is 1. The van der Waals surface area contributed by atoms with E-state index in [1.54, 1.807) is 11.9 Å². The average Bonchev–Trinajstić information content (AvgIpc) is 2.43. The number of aliphatic carboxylic acids is 1. The Labute approximate surface area is 120 Å². The summed E-state index contributed by atoms with van der Waals surface area (Å²) in [6, 6.07) is -0.999. The zero-order valence-electron chi connectivity index (χ0n) is 12.9. The van der Waals surface area contributed by atoms with Crippen LogP contribution in [-0.2, 0) is 4.79 Å². The summed E-state index contributed by atoms with van der Waals surface area (Å²) in [5.74, 6) is -0.981. The van der Waals surface area contributed by atoms with Gasteiger partial charge in [0.25, 0.3) is 0 Å². The lowest BCUT2D eigenvalue weighted by Crippen LogP contribution is -2.55. The Bertz CT molecular complexity index is 341. The maximum absolute atomic E-state index is 12.2. The fourth-order valence-corrected chi connectivity index (χ4v) is 2.06. The standard InChI is InChI=1S/C13H26N4O3/c1-11(12(18)19)15(4)13(20)17-9-7-16(8-10-17)6-5-14(2)3/h11H,5-10H2,1-4H3,(H,18,19). The van der Waals surface area contributed by atoms with E-state index >= 15 is 0 Å². The lowest BCUT2D eigenvalue weighted by molar-refractivity contribution is -0.141. The van der Waals surface area contributed by atoms with Gasteiger partial charge in [-0.05, 0) is 21.0 Å². The molecule has 0 bridgehead atoms. The van der Waals surface area contributed by atoms with Crippen molar-refractivity contribution < 1.29 is 14.7 Å². The number of carbonyl (C=O) groups is 2. The molecule has 1 aliphatic rings. The lowest BCUT2D eigenvalue weighted by Gasteiger charge is -2.37. The first-order chi connectivity index (χ1) is 9.32. The van der Waals surface area contributed by atoms with Crippen molar-refractivity contribution in [3.8, 4) is 0 Å². The van der Waals surface area contributed by atoms with Gasteiger partial charge in [-0.2, -0.15) is 0 Å². The van der Waals surface area contributed by atoms with Gasteiger partial charge in [-0.25, -0.2) is 9.59 Å². The van der Waals surface area contributed by atoms with Crippen molar-refractivity contribution in [1.82, 2.24) is 19.6 Å². The molecule has 0 aromatic rings. The molecule has 1 saturated heterocycles. The van der Waals surface area contributed by atoms with Gasteiger partial charge in [-0.1, -0.05) is 0 Å². The van der Waals surface area contributed by atoms with Crippen LogP contribution >= 0.6 is 0 Å². The third-order valence-corrected chi connectivity index (χ3v) is 3.75. The lowest BCUT2D eigenvalue weighted by atomic mass is 10.3. The van der Waals surface area contributed by atoms with E-state index in [1.807, 2.05) is 14.1 Å². The van der Waals surface area contributed by atoms with Crippen LogP contribution < -0.4 is 0 Å². The molecule has 2 amide bonds. The van der Waals surface area contributed by atoms with Crippen molar-refractivity contribution in [3.63, 3.8) is 0 Å². The normalized spacial score (nSPS) is 18.1. The largest absolute Gasteiger partial charge is 0.480 e. The number of carboxylic acid groups (broad SMARTS) is 1. The van der Waals surface area contributed by atoms with Gasteiger partial charge < -0.3 is 19.8 Å². The topological polar surface area (TPSA) is 67.3 Å². The Morgan fingerprint density at radius 1 is 1.15 bits per heavy atom. The number of hydrogen-bond donors (Lipinski definition) is 1. The third kappa shape index (κ3) is 4.64. The number of hydrogen-bond acceptors (Lipinski definition) is 4. The monoisotopic (exact) mass is 286 g/mol. The maximum Gasteiger partial charge on any atom is 0.326 e. The molecule has 0 spiro atoms. The van der Waals surface area contributed by atoms with E-state index < -0.39 is 12.0 Å². The molecular weight excluding hydrogens is 260 g/mol. The minimum Gasteiger partial charge on any atom is -0.480 e. The fraction of sp³-hybridized carbons (Fsp3) is 0.846. The minimum absolute atomic E-state index is 0.202. The highest BCUT2D eigenvalue weighted by Gasteiger charge is 2.28. The van der Waals surface area contributed by atoms with Crippen LogP contribution in [0.4, 0.5) is 4.79 Å². The fourth-order valence-electron chi connectivity index (χ4n) is 2.06. The van der Waals surface area contributed by atoms with Gasteiger partial charge in [0.15, 0.2) is 0 Å². The van der Waals surface area contributed by atoms with Gasteiger partial charge in [0.1, 0.15) is 6.04 Å². The van der Waals surface area contributed by atoms with Crippen molar-refractivity contribution in [3.05, 3.63) is 0 Å². The predicted molar refractivity (Wildman–Crippen MR) is 76.8 cm³/mol. The molecule has 116 valence electrons. The highest BCUT2D eigenvalue weighted by Crippen LogP contribution is 2.07. The summed E-state index contributed by atoms with van der Waals surface area (Å²) in [5, 5.41) is 8.94. The predicted octanol–water partition coefficient (Wildman–Crippen LogP) is -0.309. The van der Waals surface area contributed by atoms with E-state index in [-0.39, 0.29) is 6.03 Å². The van der Waals surface area contributed by atoms with E-state index in [0.29, 0.717) is 13.1 Å². The summed E-state index contributed by atoms with van der Waals surface area (Å²) in [7, 11) is 5.63. The van der Waals surface area contributed by atoms with Crippen LogP contribution in [0.5, 0.6) is 0 Å². The second-order valence-corrected chi connectivity index (χ2v) is 5.54. The van der Waals surface area contributed by atoms with Crippen molar-refractivity contribution in [2.45, 2.75) is 13.0 Å². The van der Waals surface area contributed by atoms with Crippen LogP contribution in [-0.4, -0.2) is 103 Å². The summed E-state index contributed by atoms with van der Waals surface area (Å²) >= 11 is 0. The molecule has 1 atom stereocenters. The zero-order chi connectivity index (χ0) is 15.3.